The van der Waals surface area contributed by atoms with Crippen molar-refractivity contribution in [3.63, 3.8) is 0 Å². The summed E-state index contributed by atoms with van der Waals surface area (Å²) in [4.78, 5) is 24.1. The van der Waals surface area contributed by atoms with Gasteiger partial charge >= 0.3 is 6.18 Å². The van der Waals surface area contributed by atoms with Gasteiger partial charge in [-0.25, -0.2) is 9.37 Å². The van der Waals surface area contributed by atoms with E-state index in [-0.39, 0.29) is 11.4 Å². The first-order valence-corrected chi connectivity index (χ1v) is 7.62. The van der Waals surface area contributed by atoms with E-state index >= 15 is 0 Å². The van der Waals surface area contributed by atoms with Gasteiger partial charge in [0.25, 0.3) is 5.91 Å². The molecule has 1 aromatic carbocycles. The number of nitrogens with one attached hydrogen (secondary N) is 1. The SMILES string of the molecule is O=C(Nc1ccc(F)c(C(F)(F)F)c1)c1csc(-c2cnccn2)n1. The molecule has 0 aliphatic heterocycles. The summed E-state index contributed by atoms with van der Waals surface area (Å²) >= 11 is 1.14. The summed E-state index contributed by atoms with van der Waals surface area (Å²) in [5.74, 6) is -2.13. The number of carbonyl (C=O) groups is 1. The van der Waals surface area contributed by atoms with Gasteiger partial charge in [-0.1, -0.05) is 0 Å². The van der Waals surface area contributed by atoms with E-state index in [1.807, 2.05) is 0 Å². The summed E-state index contributed by atoms with van der Waals surface area (Å²) in [6.07, 6.45) is -0.439. The third-order valence-corrected chi connectivity index (χ3v) is 3.91. The molecule has 3 aromatic rings. The molecule has 0 saturated heterocycles. The van der Waals surface area contributed by atoms with E-state index in [1.54, 1.807) is 0 Å². The lowest BCUT2D eigenvalue weighted by Crippen LogP contribution is -2.14. The van der Waals surface area contributed by atoms with Gasteiger partial charge < -0.3 is 5.32 Å². The Bertz CT molecular complexity index is 911. The number of hydrogen-bond acceptors (Lipinski definition) is 5. The summed E-state index contributed by atoms with van der Waals surface area (Å²) in [6.45, 7) is 0. The van der Waals surface area contributed by atoms with Crippen molar-refractivity contribution in [1.29, 1.82) is 0 Å². The Morgan fingerprint density at radius 1 is 1.20 bits per heavy atom. The highest BCUT2D eigenvalue weighted by molar-refractivity contribution is 7.13. The normalized spacial score (nSPS) is 11.4. The molecule has 128 valence electrons. The van der Waals surface area contributed by atoms with Crippen LogP contribution in [0.15, 0.2) is 42.2 Å². The van der Waals surface area contributed by atoms with Gasteiger partial charge in [-0.15, -0.1) is 11.3 Å². The molecular formula is C15H8F4N4OS. The molecule has 0 spiro atoms. The lowest BCUT2D eigenvalue weighted by atomic mass is 10.2. The first-order chi connectivity index (χ1) is 11.8. The first kappa shape index (κ1) is 17.0. The van der Waals surface area contributed by atoms with Gasteiger partial charge in [0.2, 0.25) is 0 Å². The predicted molar refractivity (Wildman–Crippen MR) is 82.5 cm³/mol. The van der Waals surface area contributed by atoms with Crippen LogP contribution < -0.4 is 5.32 Å². The molecule has 0 bridgehead atoms. The molecule has 2 aromatic heterocycles. The Morgan fingerprint density at radius 3 is 2.68 bits per heavy atom. The summed E-state index contributed by atoms with van der Waals surface area (Å²) in [5.41, 5.74) is -1.17. The van der Waals surface area contributed by atoms with Crippen LogP contribution in [0.2, 0.25) is 0 Å². The number of hydrogen-bond donors (Lipinski definition) is 1. The van der Waals surface area contributed by atoms with Gasteiger partial charge in [-0.2, -0.15) is 13.2 Å². The number of thiazole rings is 1. The number of rotatable bonds is 3. The fourth-order valence-corrected chi connectivity index (χ4v) is 2.68. The van der Waals surface area contributed by atoms with Crippen LogP contribution in [-0.2, 0) is 6.18 Å². The summed E-state index contributed by atoms with van der Waals surface area (Å²) in [5, 5.41) is 4.14. The molecule has 0 unspecified atom stereocenters. The minimum absolute atomic E-state index is 0.00327. The van der Waals surface area contributed by atoms with Crippen molar-refractivity contribution >= 4 is 22.9 Å². The predicted octanol–water partition coefficient (Wildman–Crippen LogP) is 4.01. The van der Waals surface area contributed by atoms with Gasteiger partial charge in [-0.05, 0) is 18.2 Å². The van der Waals surface area contributed by atoms with Gasteiger partial charge in [0.15, 0.2) is 0 Å². The maximum atomic E-state index is 13.3. The molecule has 5 nitrogen and oxygen atoms in total. The van der Waals surface area contributed by atoms with Crippen molar-refractivity contribution in [2.45, 2.75) is 6.18 Å². The lowest BCUT2D eigenvalue weighted by Gasteiger charge is -2.10. The zero-order chi connectivity index (χ0) is 18.0. The Hall–Kier alpha value is -2.88. The lowest BCUT2D eigenvalue weighted by molar-refractivity contribution is -0.139. The van der Waals surface area contributed by atoms with Gasteiger partial charge in [0.1, 0.15) is 22.2 Å². The average Bonchev–Trinajstić information content (AvgIpc) is 3.06. The molecule has 1 amide bonds. The van der Waals surface area contributed by atoms with E-state index in [4.69, 9.17) is 0 Å². The number of anilines is 1. The molecule has 0 fully saturated rings. The topological polar surface area (TPSA) is 67.8 Å². The van der Waals surface area contributed by atoms with Crippen LogP contribution in [0.1, 0.15) is 16.1 Å². The number of aromatic nitrogens is 3. The second-order valence-corrected chi connectivity index (χ2v) is 5.63. The van der Waals surface area contributed by atoms with Crippen molar-refractivity contribution in [1.82, 2.24) is 15.0 Å². The molecule has 0 radical (unpaired) electrons. The maximum absolute atomic E-state index is 13.3. The van der Waals surface area contributed by atoms with Crippen molar-refractivity contribution in [3.8, 4) is 10.7 Å². The number of carbonyl (C=O) groups excluding carboxylic acids is 1. The van der Waals surface area contributed by atoms with Gasteiger partial charge in [0, 0.05) is 23.5 Å². The zero-order valence-electron chi connectivity index (χ0n) is 12.2. The molecule has 0 aliphatic rings. The van der Waals surface area contributed by atoms with Crippen molar-refractivity contribution in [2.24, 2.45) is 0 Å². The molecule has 2 heterocycles. The summed E-state index contributed by atoms with van der Waals surface area (Å²) < 4.78 is 51.4. The van der Waals surface area contributed by atoms with Crippen LogP contribution in [0.3, 0.4) is 0 Å². The van der Waals surface area contributed by atoms with Crippen molar-refractivity contribution in [2.75, 3.05) is 5.32 Å². The second-order valence-electron chi connectivity index (χ2n) is 4.78. The van der Waals surface area contributed by atoms with Crippen LogP contribution in [0.5, 0.6) is 0 Å². The molecular weight excluding hydrogens is 360 g/mol. The minimum Gasteiger partial charge on any atom is -0.321 e. The highest BCUT2D eigenvalue weighted by Crippen LogP contribution is 2.33. The third kappa shape index (κ3) is 3.79. The van der Waals surface area contributed by atoms with Gasteiger partial charge in [0.05, 0.1) is 11.8 Å². The molecule has 25 heavy (non-hydrogen) atoms. The Balaban J connectivity index is 1.81. The van der Waals surface area contributed by atoms with Crippen LogP contribution in [-0.4, -0.2) is 20.9 Å². The van der Waals surface area contributed by atoms with E-state index in [0.717, 1.165) is 17.4 Å². The standard InChI is InChI=1S/C15H8F4N4OS/c16-10-2-1-8(5-9(10)15(17,18)19)22-13(24)12-7-25-14(23-12)11-6-20-3-4-21-11/h1-7H,(H,22,24). The van der Waals surface area contributed by atoms with Gasteiger partial charge in [-0.3, -0.25) is 14.8 Å². The highest BCUT2D eigenvalue weighted by atomic mass is 32.1. The van der Waals surface area contributed by atoms with E-state index in [9.17, 15) is 22.4 Å². The summed E-state index contributed by atoms with van der Waals surface area (Å²) in [7, 11) is 0. The first-order valence-electron chi connectivity index (χ1n) is 6.74. The molecule has 3 rings (SSSR count). The molecule has 10 heteroatoms. The molecule has 0 aliphatic carbocycles. The Labute approximate surface area is 142 Å². The van der Waals surface area contributed by atoms with Crippen LogP contribution in [0, 0.1) is 5.82 Å². The fraction of sp³-hybridized carbons (Fsp3) is 0.0667. The quantitative estimate of drug-likeness (QED) is 0.710. The van der Waals surface area contributed by atoms with E-state index in [1.165, 1.54) is 24.0 Å². The van der Waals surface area contributed by atoms with Crippen LogP contribution in [0.4, 0.5) is 23.2 Å². The summed E-state index contributed by atoms with van der Waals surface area (Å²) in [6, 6.07) is 2.21. The smallest absolute Gasteiger partial charge is 0.321 e. The Morgan fingerprint density at radius 2 is 2.00 bits per heavy atom. The van der Waals surface area contributed by atoms with E-state index in [2.05, 4.69) is 20.3 Å². The second kappa shape index (κ2) is 6.55. The number of nitrogens with zero attached hydrogens (tertiary/aromatic N) is 3. The average molecular weight is 368 g/mol. The molecule has 0 atom stereocenters. The van der Waals surface area contributed by atoms with E-state index in [0.29, 0.717) is 22.8 Å². The number of benzene rings is 1. The monoisotopic (exact) mass is 368 g/mol. The number of alkyl halides is 3. The van der Waals surface area contributed by atoms with Crippen LogP contribution in [0.25, 0.3) is 10.7 Å². The minimum atomic E-state index is -4.86. The maximum Gasteiger partial charge on any atom is 0.419 e. The molecule has 1 N–H and O–H groups in total. The van der Waals surface area contributed by atoms with Crippen LogP contribution >= 0.6 is 11.3 Å². The number of amides is 1. The van der Waals surface area contributed by atoms with Crippen molar-refractivity contribution < 1.29 is 22.4 Å². The van der Waals surface area contributed by atoms with Crippen molar-refractivity contribution in [3.05, 3.63) is 59.2 Å². The largest absolute Gasteiger partial charge is 0.419 e. The fourth-order valence-electron chi connectivity index (χ4n) is 1.92. The highest BCUT2D eigenvalue weighted by Gasteiger charge is 2.34. The van der Waals surface area contributed by atoms with E-state index < -0.39 is 23.5 Å². The molecule has 0 saturated carbocycles. The Kier molecular flexibility index (Phi) is 4.45. The third-order valence-electron chi connectivity index (χ3n) is 3.05. The number of halogens is 4. The zero-order valence-corrected chi connectivity index (χ0v) is 13.0.